The Balaban J connectivity index is 1.72. The van der Waals surface area contributed by atoms with Gasteiger partial charge in [0.05, 0.1) is 17.1 Å². The van der Waals surface area contributed by atoms with E-state index in [0.717, 1.165) is 33.3 Å². The van der Waals surface area contributed by atoms with Crippen molar-refractivity contribution < 1.29 is 9.15 Å². The predicted octanol–water partition coefficient (Wildman–Crippen LogP) is 6.43. The first-order valence-corrected chi connectivity index (χ1v) is 10.3. The first-order chi connectivity index (χ1) is 14.5. The van der Waals surface area contributed by atoms with E-state index in [-0.39, 0.29) is 0 Å². The van der Waals surface area contributed by atoms with E-state index in [9.17, 15) is 4.79 Å². The van der Waals surface area contributed by atoms with Crippen molar-refractivity contribution in [2.75, 3.05) is 11.6 Å². The van der Waals surface area contributed by atoms with Crippen LogP contribution in [-0.2, 0) is 6.54 Å². The predicted molar refractivity (Wildman–Crippen MR) is 121 cm³/mol. The van der Waals surface area contributed by atoms with E-state index in [0.29, 0.717) is 34.7 Å². The third-order valence-corrected chi connectivity index (χ3v) is 5.86. The smallest absolute Gasteiger partial charge is 0.336 e. The molecule has 4 nitrogen and oxygen atoms in total. The van der Waals surface area contributed by atoms with Gasteiger partial charge in [0.1, 0.15) is 11.3 Å². The summed E-state index contributed by atoms with van der Waals surface area (Å²) in [4.78, 5) is 14.5. The van der Waals surface area contributed by atoms with Gasteiger partial charge < -0.3 is 14.1 Å². The van der Waals surface area contributed by atoms with Crippen molar-refractivity contribution in [1.82, 2.24) is 0 Å². The Kier molecular flexibility index (Phi) is 4.69. The minimum atomic E-state index is -0.415. The van der Waals surface area contributed by atoms with Gasteiger partial charge in [-0.05, 0) is 41.8 Å². The molecular formula is C24H17Cl2NO3. The largest absolute Gasteiger partial charge is 0.471 e. The van der Waals surface area contributed by atoms with Crippen LogP contribution in [0.25, 0.3) is 22.1 Å². The third kappa shape index (κ3) is 3.22. The van der Waals surface area contributed by atoms with Crippen molar-refractivity contribution in [2.45, 2.75) is 13.5 Å². The summed E-state index contributed by atoms with van der Waals surface area (Å²) in [6.07, 6.45) is 0. The molecule has 0 saturated heterocycles. The molecule has 3 aromatic carbocycles. The fourth-order valence-corrected chi connectivity index (χ4v) is 4.37. The van der Waals surface area contributed by atoms with Crippen LogP contribution >= 0.6 is 23.2 Å². The molecule has 0 radical (unpaired) electrons. The second-order valence-electron chi connectivity index (χ2n) is 7.29. The van der Waals surface area contributed by atoms with Gasteiger partial charge in [-0.15, -0.1) is 0 Å². The fourth-order valence-electron chi connectivity index (χ4n) is 3.92. The lowest BCUT2D eigenvalue weighted by Crippen LogP contribution is -2.32. The van der Waals surface area contributed by atoms with E-state index in [4.69, 9.17) is 32.4 Å². The summed E-state index contributed by atoms with van der Waals surface area (Å²) in [5.41, 5.74) is 4.56. The molecule has 1 aromatic heterocycles. The summed E-state index contributed by atoms with van der Waals surface area (Å²) >= 11 is 12.8. The molecule has 0 aliphatic carbocycles. The Bertz CT molecular complexity index is 1330. The van der Waals surface area contributed by atoms with Crippen LogP contribution in [0.2, 0.25) is 10.0 Å². The van der Waals surface area contributed by atoms with Crippen molar-refractivity contribution in [3.63, 3.8) is 0 Å². The zero-order valence-electron chi connectivity index (χ0n) is 16.1. The molecule has 6 heteroatoms. The number of anilines is 1. The molecule has 0 amide bonds. The number of aryl methyl sites for hydroxylation is 1. The van der Waals surface area contributed by atoms with E-state index in [1.165, 1.54) is 6.07 Å². The number of fused-ring (bicyclic) bond motifs is 3. The second kappa shape index (κ2) is 7.38. The van der Waals surface area contributed by atoms with Crippen LogP contribution in [0.5, 0.6) is 5.75 Å². The number of halogens is 2. The maximum atomic E-state index is 12.4. The van der Waals surface area contributed by atoms with Gasteiger partial charge >= 0.3 is 5.63 Å². The average molecular weight is 438 g/mol. The highest BCUT2D eigenvalue weighted by molar-refractivity contribution is 6.33. The summed E-state index contributed by atoms with van der Waals surface area (Å²) in [5, 5.41) is 1.92. The maximum Gasteiger partial charge on any atom is 0.336 e. The first-order valence-electron chi connectivity index (χ1n) is 9.50. The molecule has 0 bridgehead atoms. The van der Waals surface area contributed by atoms with Gasteiger partial charge in [0.15, 0.2) is 6.73 Å². The van der Waals surface area contributed by atoms with Crippen LogP contribution in [0, 0.1) is 6.92 Å². The van der Waals surface area contributed by atoms with Crippen LogP contribution in [0.3, 0.4) is 0 Å². The number of benzene rings is 3. The molecule has 2 heterocycles. The number of hydrogen-bond acceptors (Lipinski definition) is 4. The van der Waals surface area contributed by atoms with E-state index in [1.54, 1.807) is 6.07 Å². The van der Waals surface area contributed by atoms with Gasteiger partial charge in [0, 0.05) is 22.2 Å². The molecule has 30 heavy (non-hydrogen) atoms. The summed E-state index contributed by atoms with van der Waals surface area (Å²) in [6.45, 7) is 2.82. The van der Waals surface area contributed by atoms with Crippen molar-refractivity contribution in [1.29, 1.82) is 0 Å². The van der Waals surface area contributed by atoms with Crippen LogP contribution < -0.4 is 15.3 Å². The quantitative estimate of drug-likeness (QED) is 0.338. The molecule has 150 valence electrons. The van der Waals surface area contributed by atoms with Crippen molar-refractivity contribution in [3.8, 4) is 16.9 Å². The highest BCUT2D eigenvalue weighted by atomic mass is 35.5. The zero-order valence-corrected chi connectivity index (χ0v) is 17.6. The lowest BCUT2D eigenvalue weighted by atomic mass is 9.99. The van der Waals surface area contributed by atoms with Gasteiger partial charge in [-0.25, -0.2) is 4.79 Å². The van der Waals surface area contributed by atoms with Gasteiger partial charge in [0.2, 0.25) is 0 Å². The first kappa shape index (κ1) is 19.0. The van der Waals surface area contributed by atoms with E-state index < -0.39 is 5.63 Å². The van der Waals surface area contributed by atoms with Gasteiger partial charge in [-0.3, -0.25) is 0 Å². The molecule has 4 aromatic rings. The van der Waals surface area contributed by atoms with Crippen molar-refractivity contribution in [3.05, 3.63) is 92.3 Å². The van der Waals surface area contributed by atoms with Crippen LogP contribution in [0.1, 0.15) is 11.1 Å². The number of hydrogen-bond donors (Lipinski definition) is 0. The monoisotopic (exact) mass is 437 g/mol. The summed E-state index contributed by atoms with van der Waals surface area (Å²) in [6, 6.07) is 18.8. The summed E-state index contributed by atoms with van der Waals surface area (Å²) < 4.78 is 11.7. The van der Waals surface area contributed by atoms with Crippen LogP contribution in [-0.4, -0.2) is 6.73 Å². The Morgan fingerprint density at radius 3 is 2.60 bits per heavy atom. The van der Waals surface area contributed by atoms with Crippen LogP contribution in [0.4, 0.5) is 5.69 Å². The van der Waals surface area contributed by atoms with Gasteiger partial charge in [0.25, 0.3) is 0 Å². The standard InChI is InChI=1S/C24H17Cl2NO3/c1-14-7-8-16(25)9-21(14)27-12-19-23-18(10-20(26)24(19)29-13-27)17(11-22(28)30-23)15-5-3-2-4-6-15/h2-11H,12-13H2,1H3. The van der Waals surface area contributed by atoms with Gasteiger partial charge in [-0.1, -0.05) is 59.6 Å². The molecule has 5 rings (SSSR count). The number of nitrogens with zero attached hydrogens (tertiary/aromatic N) is 1. The van der Waals surface area contributed by atoms with Crippen molar-refractivity contribution in [2.24, 2.45) is 0 Å². The summed E-state index contributed by atoms with van der Waals surface area (Å²) in [5.74, 6) is 0.549. The number of rotatable bonds is 2. The minimum absolute atomic E-state index is 0.321. The van der Waals surface area contributed by atoms with Crippen molar-refractivity contribution >= 4 is 39.9 Å². The zero-order chi connectivity index (χ0) is 20.8. The molecule has 0 fully saturated rings. The summed E-state index contributed by atoms with van der Waals surface area (Å²) in [7, 11) is 0. The molecule has 1 aliphatic rings. The Hall–Kier alpha value is -2.95. The second-order valence-corrected chi connectivity index (χ2v) is 8.13. The Morgan fingerprint density at radius 2 is 1.80 bits per heavy atom. The van der Waals surface area contributed by atoms with E-state index >= 15 is 0 Å². The molecule has 0 unspecified atom stereocenters. The SMILES string of the molecule is Cc1ccc(Cl)cc1N1COc2c(Cl)cc3c(-c4ccccc4)cc(=O)oc3c2C1. The Morgan fingerprint density at radius 1 is 1.00 bits per heavy atom. The minimum Gasteiger partial charge on any atom is -0.471 e. The fraction of sp³-hybridized carbons (Fsp3) is 0.125. The molecule has 0 saturated carbocycles. The van der Waals surface area contributed by atoms with Crippen LogP contribution in [0.15, 0.2) is 69.9 Å². The van der Waals surface area contributed by atoms with E-state index in [1.807, 2.05) is 55.5 Å². The lowest BCUT2D eigenvalue weighted by molar-refractivity contribution is 0.289. The lowest BCUT2D eigenvalue weighted by Gasteiger charge is -2.32. The highest BCUT2D eigenvalue weighted by Crippen LogP contribution is 2.42. The molecule has 0 N–H and O–H groups in total. The maximum absolute atomic E-state index is 12.4. The topological polar surface area (TPSA) is 42.7 Å². The number of ether oxygens (including phenoxy) is 1. The Labute approximate surface area is 183 Å². The average Bonchev–Trinajstić information content (AvgIpc) is 2.76. The normalized spacial score (nSPS) is 13.2. The highest BCUT2D eigenvalue weighted by Gasteiger charge is 2.26. The molecule has 0 spiro atoms. The molecule has 1 aliphatic heterocycles. The van der Waals surface area contributed by atoms with Gasteiger partial charge in [-0.2, -0.15) is 0 Å². The molecule has 0 atom stereocenters. The molecular weight excluding hydrogens is 421 g/mol. The third-order valence-electron chi connectivity index (χ3n) is 5.35. The van der Waals surface area contributed by atoms with E-state index in [2.05, 4.69) is 4.90 Å².